The number of nitrogens with one attached hydrogen (secondary N) is 1. The van der Waals surface area contributed by atoms with E-state index >= 15 is 0 Å². The lowest BCUT2D eigenvalue weighted by Gasteiger charge is -2.28. The zero-order valence-electron chi connectivity index (χ0n) is 12.6. The Morgan fingerprint density at radius 2 is 2.14 bits per heavy atom. The molecule has 0 unspecified atom stereocenters. The average molecular weight is 294 g/mol. The molecule has 1 rings (SSSR count). The van der Waals surface area contributed by atoms with E-state index in [9.17, 15) is 4.79 Å². The summed E-state index contributed by atoms with van der Waals surface area (Å²) in [5.74, 6) is 0.176. The highest BCUT2D eigenvalue weighted by Gasteiger charge is 2.39. The van der Waals surface area contributed by atoms with E-state index < -0.39 is 5.41 Å². The number of amidine groups is 1. The molecule has 4 N–H and O–H groups in total. The number of rotatable bonds is 7. The molecule has 0 spiro atoms. The molecule has 7 nitrogen and oxygen atoms in total. The number of carbonyl (C=O) groups excluding carboxylic acids is 1. The maximum atomic E-state index is 12.4. The molecule has 7 heteroatoms. The first-order chi connectivity index (χ1) is 10.0. The van der Waals surface area contributed by atoms with Crippen LogP contribution in [0.5, 0.6) is 5.88 Å². The third kappa shape index (κ3) is 3.62. The predicted octanol–water partition coefficient (Wildman–Crippen LogP) is 1.26. The van der Waals surface area contributed by atoms with Gasteiger partial charge in [0.1, 0.15) is 5.41 Å². The standard InChI is InChI=1S/C14H22N4O3/c1-4-14(5-2,12(15)18-20)13(19)17-9-10-6-7-11(21-3)16-8-10/h6-8,20H,4-5,9H2,1-3H3,(H2,15,18)(H,17,19). The number of carbonyl (C=O) groups is 1. The second kappa shape index (κ2) is 7.47. The Bertz CT molecular complexity index is 495. The van der Waals surface area contributed by atoms with E-state index in [0.29, 0.717) is 25.3 Å². The first kappa shape index (κ1) is 16.7. The minimum Gasteiger partial charge on any atom is -0.481 e. The van der Waals surface area contributed by atoms with E-state index in [4.69, 9.17) is 15.7 Å². The predicted molar refractivity (Wildman–Crippen MR) is 79.1 cm³/mol. The fourth-order valence-corrected chi connectivity index (χ4v) is 2.13. The van der Waals surface area contributed by atoms with E-state index in [2.05, 4.69) is 15.5 Å². The van der Waals surface area contributed by atoms with Gasteiger partial charge < -0.3 is 21.0 Å². The SMILES string of the molecule is CCC(CC)(C(=O)NCc1ccc(OC)nc1)C(N)=NO. The van der Waals surface area contributed by atoms with Gasteiger partial charge in [-0.2, -0.15) is 0 Å². The van der Waals surface area contributed by atoms with E-state index in [0.717, 1.165) is 5.56 Å². The number of nitrogens with two attached hydrogens (primary N) is 1. The van der Waals surface area contributed by atoms with Crippen LogP contribution in [0.3, 0.4) is 0 Å². The van der Waals surface area contributed by atoms with E-state index in [1.54, 1.807) is 12.3 Å². The number of amides is 1. The number of ether oxygens (including phenoxy) is 1. The summed E-state index contributed by atoms with van der Waals surface area (Å²) in [6.07, 6.45) is 2.53. The topological polar surface area (TPSA) is 110 Å². The van der Waals surface area contributed by atoms with Crippen molar-refractivity contribution in [2.45, 2.75) is 33.2 Å². The van der Waals surface area contributed by atoms with Gasteiger partial charge in [0.15, 0.2) is 5.84 Å². The van der Waals surface area contributed by atoms with Crippen molar-refractivity contribution in [3.63, 3.8) is 0 Å². The Balaban J connectivity index is 2.78. The van der Waals surface area contributed by atoms with E-state index in [-0.39, 0.29) is 11.7 Å². The van der Waals surface area contributed by atoms with Crippen LogP contribution in [0, 0.1) is 5.41 Å². The molecule has 21 heavy (non-hydrogen) atoms. The fraction of sp³-hybridized carbons (Fsp3) is 0.500. The first-order valence-corrected chi connectivity index (χ1v) is 6.79. The van der Waals surface area contributed by atoms with Crippen LogP contribution in [-0.2, 0) is 11.3 Å². The highest BCUT2D eigenvalue weighted by molar-refractivity contribution is 6.06. The number of oxime groups is 1. The molecule has 0 bridgehead atoms. The van der Waals surface area contributed by atoms with Gasteiger partial charge in [0.2, 0.25) is 11.8 Å². The molecule has 0 fully saturated rings. The lowest BCUT2D eigenvalue weighted by atomic mass is 9.80. The second-order valence-electron chi connectivity index (χ2n) is 4.67. The number of hydrogen-bond acceptors (Lipinski definition) is 5. The summed E-state index contributed by atoms with van der Waals surface area (Å²) in [6, 6.07) is 3.53. The highest BCUT2D eigenvalue weighted by atomic mass is 16.5. The molecule has 0 saturated heterocycles. The normalized spacial score (nSPS) is 12.0. The smallest absolute Gasteiger partial charge is 0.234 e. The lowest BCUT2D eigenvalue weighted by Crippen LogP contribution is -2.49. The Labute approximate surface area is 124 Å². The third-order valence-corrected chi connectivity index (χ3v) is 3.70. The molecule has 1 amide bonds. The molecule has 116 valence electrons. The molecule has 0 radical (unpaired) electrons. The third-order valence-electron chi connectivity index (χ3n) is 3.70. The molecule has 1 heterocycles. The van der Waals surface area contributed by atoms with Gasteiger partial charge in [-0.3, -0.25) is 4.79 Å². The Kier molecular flexibility index (Phi) is 5.95. The van der Waals surface area contributed by atoms with Crippen LogP contribution < -0.4 is 15.8 Å². The van der Waals surface area contributed by atoms with Gasteiger partial charge in [0.25, 0.3) is 0 Å². The summed E-state index contributed by atoms with van der Waals surface area (Å²) in [5, 5.41) is 14.7. The van der Waals surface area contributed by atoms with Gasteiger partial charge >= 0.3 is 0 Å². The summed E-state index contributed by atoms with van der Waals surface area (Å²) >= 11 is 0. The van der Waals surface area contributed by atoms with Gasteiger partial charge in [0, 0.05) is 18.8 Å². The van der Waals surface area contributed by atoms with E-state index in [1.807, 2.05) is 19.9 Å². The summed E-state index contributed by atoms with van der Waals surface area (Å²) in [4.78, 5) is 16.5. The van der Waals surface area contributed by atoms with Crippen LogP contribution in [0.4, 0.5) is 0 Å². The van der Waals surface area contributed by atoms with Crippen molar-refractivity contribution in [1.29, 1.82) is 0 Å². The number of nitrogens with zero attached hydrogens (tertiary/aromatic N) is 2. The van der Waals surface area contributed by atoms with Crippen molar-refractivity contribution in [2.75, 3.05) is 7.11 Å². The quantitative estimate of drug-likeness (QED) is 0.303. The molecule has 0 aliphatic heterocycles. The first-order valence-electron chi connectivity index (χ1n) is 6.79. The maximum Gasteiger partial charge on any atom is 0.234 e. The minimum atomic E-state index is -0.991. The molecule has 1 aromatic rings. The molecular weight excluding hydrogens is 272 g/mol. The van der Waals surface area contributed by atoms with E-state index in [1.165, 1.54) is 7.11 Å². The molecule has 0 aliphatic rings. The average Bonchev–Trinajstić information content (AvgIpc) is 2.54. The number of hydrogen-bond donors (Lipinski definition) is 3. The van der Waals surface area contributed by atoms with Crippen molar-refractivity contribution >= 4 is 11.7 Å². The molecule has 0 saturated carbocycles. The van der Waals surface area contributed by atoms with Gasteiger partial charge in [-0.05, 0) is 18.4 Å². The number of aromatic nitrogens is 1. The Morgan fingerprint density at radius 3 is 2.57 bits per heavy atom. The zero-order valence-corrected chi connectivity index (χ0v) is 12.6. The summed E-state index contributed by atoms with van der Waals surface area (Å²) in [5.41, 5.74) is 5.54. The summed E-state index contributed by atoms with van der Waals surface area (Å²) in [6.45, 7) is 3.97. The van der Waals surface area contributed by atoms with Crippen molar-refractivity contribution in [3.8, 4) is 5.88 Å². The number of pyridine rings is 1. The largest absolute Gasteiger partial charge is 0.481 e. The lowest BCUT2D eigenvalue weighted by molar-refractivity contribution is -0.128. The zero-order chi connectivity index (χ0) is 15.9. The summed E-state index contributed by atoms with van der Waals surface area (Å²) < 4.78 is 4.97. The molecule has 0 aliphatic carbocycles. The molecule has 1 aromatic heterocycles. The van der Waals surface area contributed by atoms with Crippen LogP contribution in [0.15, 0.2) is 23.5 Å². The van der Waals surface area contributed by atoms with Crippen molar-refractivity contribution in [1.82, 2.24) is 10.3 Å². The van der Waals surface area contributed by atoms with Crippen LogP contribution in [0.25, 0.3) is 0 Å². The Morgan fingerprint density at radius 1 is 1.48 bits per heavy atom. The van der Waals surface area contributed by atoms with Gasteiger partial charge in [-0.25, -0.2) is 4.98 Å². The summed E-state index contributed by atoms with van der Waals surface area (Å²) in [7, 11) is 1.54. The van der Waals surface area contributed by atoms with Crippen molar-refractivity contribution < 1.29 is 14.7 Å². The van der Waals surface area contributed by atoms with Gasteiger partial charge in [-0.1, -0.05) is 25.1 Å². The van der Waals surface area contributed by atoms with Crippen LogP contribution >= 0.6 is 0 Å². The van der Waals surface area contributed by atoms with Crippen LogP contribution in [0.1, 0.15) is 32.3 Å². The fourth-order valence-electron chi connectivity index (χ4n) is 2.13. The highest BCUT2D eigenvalue weighted by Crippen LogP contribution is 2.27. The van der Waals surface area contributed by atoms with Gasteiger partial charge in [-0.15, -0.1) is 0 Å². The van der Waals surface area contributed by atoms with Crippen LogP contribution in [0.2, 0.25) is 0 Å². The molecular formula is C14H22N4O3. The van der Waals surface area contributed by atoms with Crippen molar-refractivity contribution in [3.05, 3.63) is 23.9 Å². The monoisotopic (exact) mass is 294 g/mol. The molecule has 0 aromatic carbocycles. The minimum absolute atomic E-state index is 0.0714. The van der Waals surface area contributed by atoms with Crippen molar-refractivity contribution in [2.24, 2.45) is 16.3 Å². The maximum absolute atomic E-state index is 12.4. The number of methoxy groups -OCH3 is 1. The second-order valence-corrected chi connectivity index (χ2v) is 4.67. The Hall–Kier alpha value is -2.31. The van der Waals surface area contributed by atoms with Crippen LogP contribution in [-0.4, -0.2) is 29.0 Å². The molecule has 0 atom stereocenters. The van der Waals surface area contributed by atoms with Gasteiger partial charge in [0.05, 0.1) is 7.11 Å².